The van der Waals surface area contributed by atoms with E-state index < -0.39 is 0 Å². The van der Waals surface area contributed by atoms with Gasteiger partial charge in [0.25, 0.3) is 5.91 Å². The molecule has 0 unspecified atom stereocenters. The van der Waals surface area contributed by atoms with Crippen LogP contribution < -0.4 is 10.6 Å². The molecule has 0 saturated carbocycles. The molecule has 2 aromatic rings. The van der Waals surface area contributed by atoms with Crippen molar-refractivity contribution in [1.82, 2.24) is 19.9 Å². The molecule has 3 heterocycles. The van der Waals surface area contributed by atoms with Gasteiger partial charge in [0.15, 0.2) is 0 Å². The average Bonchev–Trinajstić information content (AvgIpc) is 3.27. The fourth-order valence-electron chi connectivity index (χ4n) is 4.10. The first-order valence-corrected chi connectivity index (χ1v) is 9.89. The Kier molecular flexibility index (Phi) is 4.86. The lowest BCUT2D eigenvalue weighted by Gasteiger charge is -2.36. The Morgan fingerprint density at radius 1 is 1.22 bits per heavy atom. The molecule has 1 amide bonds. The predicted molar refractivity (Wildman–Crippen MR) is 105 cm³/mol. The zero-order chi connectivity index (χ0) is 19.0. The summed E-state index contributed by atoms with van der Waals surface area (Å²) >= 11 is 0. The molecule has 2 aromatic heterocycles. The topological polar surface area (TPSA) is 91.1 Å². The second-order valence-corrected chi connectivity index (χ2v) is 7.56. The summed E-state index contributed by atoms with van der Waals surface area (Å²) in [5.41, 5.74) is 10.8. The van der Waals surface area contributed by atoms with E-state index >= 15 is 0 Å². The minimum Gasteiger partial charge on any atom is -0.365 e. The van der Waals surface area contributed by atoms with Crippen LogP contribution in [-0.2, 0) is 25.8 Å². The predicted octanol–water partition coefficient (Wildman–Crippen LogP) is 1.59. The molecule has 0 aromatic carbocycles. The minimum absolute atomic E-state index is 0.381. The van der Waals surface area contributed by atoms with Crippen molar-refractivity contribution in [2.24, 2.45) is 5.73 Å². The summed E-state index contributed by atoms with van der Waals surface area (Å²) in [6.07, 6.45) is 4.04. The number of nitrogens with zero attached hydrogens (tertiary/aromatic N) is 4. The highest BCUT2D eigenvalue weighted by Crippen LogP contribution is 2.28. The van der Waals surface area contributed by atoms with E-state index in [0.29, 0.717) is 5.56 Å². The van der Waals surface area contributed by atoms with E-state index in [9.17, 15) is 4.79 Å². The lowest BCUT2D eigenvalue weighted by atomic mass is 10.1. The van der Waals surface area contributed by atoms with Crippen molar-refractivity contribution < 1.29 is 4.79 Å². The Balaban J connectivity index is 1.46. The van der Waals surface area contributed by atoms with Crippen LogP contribution in [0.2, 0.25) is 0 Å². The molecular formula is C20H28N6O. The Labute approximate surface area is 160 Å². The van der Waals surface area contributed by atoms with Gasteiger partial charge in [0.2, 0.25) is 0 Å². The normalized spacial score (nSPS) is 17.3. The van der Waals surface area contributed by atoms with E-state index in [1.54, 1.807) is 0 Å². The number of H-pyrrole nitrogens is 1. The van der Waals surface area contributed by atoms with Gasteiger partial charge in [0.05, 0.1) is 11.3 Å². The number of pyridine rings is 1. The number of hydrogen-bond acceptors (Lipinski definition) is 5. The van der Waals surface area contributed by atoms with Crippen LogP contribution in [0.1, 0.15) is 52.2 Å². The van der Waals surface area contributed by atoms with Crippen LogP contribution in [0.15, 0.2) is 6.07 Å². The van der Waals surface area contributed by atoms with Gasteiger partial charge in [0, 0.05) is 50.5 Å². The molecule has 27 heavy (non-hydrogen) atoms. The summed E-state index contributed by atoms with van der Waals surface area (Å²) in [5.74, 6) is 1.44. The van der Waals surface area contributed by atoms with Gasteiger partial charge in [-0.25, -0.2) is 9.97 Å². The van der Waals surface area contributed by atoms with Crippen molar-refractivity contribution >= 4 is 11.7 Å². The maximum atomic E-state index is 12.0. The number of nitrogens with two attached hydrogens (primary N) is 1. The van der Waals surface area contributed by atoms with Crippen molar-refractivity contribution in [3.8, 4) is 0 Å². The molecule has 0 spiro atoms. The zero-order valence-corrected chi connectivity index (χ0v) is 16.2. The number of primary amides is 1. The molecule has 1 fully saturated rings. The lowest BCUT2D eigenvalue weighted by Crippen LogP contribution is -2.47. The number of rotatable bonds is 5. The molecule has 4 rings (SSSR count). The summed E-state index contributed by atoms with van der Waals surface area (Å²) in [6, 6.07) is 1.97. The van der Waals surface area contributed by atoms with Crippen LogP contribution in [0.3, 0.4) is 0 Å². The standard InChI is InChI=1S/C20H28N6O/c1-3-18-22-13(2)17(23-18)12-25-7-9-26(10-8-25)20-15(19(21)27)11-14-5-4-6-16(14)24-20/h11H,3-10,12H2,1-2H3,(H2,21,27)(H,22,23). The number of anilines is 1. The fraction of sp³-hybridized carbons (Fsp3) is 0.550. The van der Waals surface area contributed by atoms with Gasteiger partial charge < -0.3 is 15.6 Å². The summed E-state index contributed by atoms with van der Waals surface area (Å²) in [7, 11) is 0. The highest BCUT2D eigenvalue weighted by molar-refractivity contribution is 5.98. The summed E-state index contributed by atoms with van der Waals surface area (Å²) < 4.78 is 0. The third-order valence-electron chi connectivity index (χ3n) is 5.71. The lowest BCUT2D eigenvalue weighted by molar-refractivity contribution is 0.1000. The summed E-state index contributed by atoms with van der Waals surface area (Å²) in [4.78, 5) is 29.5. The smallest absolute Gasteiger partial charge is 0.252 e. The Hall–Kier alpha value is -2.41. The molecule has 2 aliphatic rings. The van der Waals surface area contributed by atoms with E-state index in [-0.39, 0.29) is 5.91 Å². The van der Waals surface area contributed by atoms with Crippen LogP contribution in [0.4, 0.5) is 5.82 Å². The number of aromatic amines is 1. The maximum Gasteiger partial charge on any atom is 0.252 e. The Bertz CT molecular complexity index is 850. The number of nitrogens with one attached hydrogen (secondary N) is 1. The second kappa shape index (κ2) is 7.31. The van der Waals surface area contributed by atoms with Gasteiger partial charge in [-0.2, -0.15) is 0 Å². The first-order valence-electron chi connectivity index (χ1n) is 9.89. The second-order valence-electron chi connectivity index (χ2n) is 7.56. The van der Waals surface area contributed by atoms with E-state index in [0.717, 1.165) is 87.1 Å². The van der Waals surface area contributed by atoms with Gasteiger partial charge in [-0.15, -0.1) is 0 Å². The van der Waals surface area contributed by atoms with Crippen molar-refractivity contribution in [2.45, 2.75) is 46.1 Å². The number of amides is 1. The number of imidazole rings is 1. The number of fused-ring (bicyclic) bond motifs is 1. The molecule has 0 radical (unpaired) electrons. The monoisotopic (exact) mass is 368 g/mol. The number of piperazine rings is 1. The van der Waals surface area contributed by atoms with Crippen molar-refractivity contribution in [2.75, 3.05) is 31.1 Å². The maximum absolute atomic E-state index is 12.0. The van der Waals surface area contributed by atoms with E-state index in [1.807, 2.05) is 6.07 Å². The number of carbonyl (C=O) groups is 1. The molecule has 1 aliphatic carbocycles. The largest absolute Gasteiger partial charge is 0.365 e. The number of aryl methyl sites for hydroxylation is 4. The van der Waals surface area contributed by atoms with Crippen molar-refractivity contribution in [3.05, 3.63) is 40.1 Å². The van der Waals surface area contributed by atoms with E-state index in [1.165, 1.54) is 5.56 Å². The van der Waals surface area contributed by atoms with Gasteiger partial charge in [-0.1, -0.05) is 6.92 Å². The Morgan fingerprint density at radius 2 is 2.00 bits per heavy atom. The van der Waals surface area contributed by atoms with E-state index in [2.05, 4.69) is 28.6 Å². The van der Waals surface area contributed by atoms with Gasteiger partial charge >= 0.3 is 0 Å². The molecule has 1 aliphatic heterocycles. The van der Waals surface area contributed by atoms with Crippen LogP contribution >= 0.6 is 0 Å². The molecule has 144 valence electrons. The molecule has 7 heteroatoms. The van der Waals surface area contributed by atoms with Gasteiger partial charge in [-0.05, 0) is 37.8 Å². The molecular weight excluding hydrogens is 340 g/mol. The van der Waals surface area contributed by atoms with Gasteiger partial charge in [-0.3, -0.25) is 9.69 Å². The third-order valence-corrected chi connectivity index (χ3v) is 5.71. The SMILES string of the molecule is CCc1nc(CN2CCN(c3nc4c(cc3C(N)=O)CCC4)CC2)c(C)[nH]1. The quantitative estimate of drug-likeness (QED) is 0.836. The average molecular weight is 368 g/mol. The minimum atomic E-state index is -0.381. The highest BCUT2D eigenvalue weighted by Gasteiger charge is 2.25. The molecule has 0 bridgehead atoms. The number of carbonyl (C=O) groups excluding carboxylic acids is 1. The first-order chi connectivity index (χ1) is 13.0. The molecule has 7 nitrogen and oxygen atoms in total. The van der Waals surface area contributed by atoms with Crippen LogP contribution in [-0.4, -0.2) is 51.9 Å². The van der Waals surface area contributed by atoms with Crippen LogP contribution in [0.5, 0.6) is 0 Å². The molecule has 0 atom stereocenters. The Morgan fingerprint density at radius 3 is 2.67 bits per heavy atom. The molecule has 3 N–H and O–H groups in total. The van der Waals surface area contributed by atoms with Gasteiger partial charge in [0.1, 0.15) is 11.6 Å². The van der Waals surface area contributed by atoms with E-state index in [4.69, 9.17) is 15.7 Å². The molecule has 1 saturated heterocycles. The van der Waals surface area contributed by atoms with Crippen LogP contribution in [0.25, 0.3) is 0 Å². The number of aromatic nitrogens is 3. The first kappa shape index (κ1) is 18.0. The van der Waals surface area contributed by atoms with Crippen LogP contribution in [0, 0.1) is 6.92 Å². The summed E-state index contributed by atoms with van der Waals surface area (Å²) in [5, 5.41) is 0. The fourth-order valence-corrected chi connectivity index (χ4v) is 4.10. The highest BCUT2D eigenvalue weighted by atomic mass is 16.1. The van der Waals surface area contributed by atoms with Crippen molar-refractivity contribution in [3.63, 3.8) is 0 Å². The number of hydrogen-bond donors (Lipinski definition) is 2. The zero-order valence-electron chi connectivity index (χ0n) is 16.2. The van der Waals surface area contributed by atoms with Crippen molar-refractivity contribution in [1.29, 1.82) is 0 Å². The third kappa shape index (κ3) is 3.56. The summed E-state index contributed by atoms with van der Waals surface area (Å²) in [6.45, 7) is 8.59.